The third kappa shape index (κ3) is 4.70. The molecule has 0 saturated carbocycles. The molecule has 0 aliphatic rings. The summed E-state index contributed by atoms with van der Waals surface area (Å²) in [6.45, 7) is 0.554. The van der Waals surface area contributed by atoms with Gasteiger partial charge in [0.1, 0.15) is 5.70 Å². The maximum Gasteiger partial charge on any atom is 0.432 e. The van der Waals surface area contributed by atoms with Gasteiger partial charge in [-0.05, 0) is 0 Å². The van der Waals surface area contributed by atoms with E-state index in [-0.39, 0.29) is 6.54 Å². The highest BCUT2D eigenvalue weighted by Gasteiger charge is 2.33. The molecule has 0 aliphatic heterocycles. The first-order valence-electron chi connectivity index (χ1n) is 3.70. The van der Waals surface area contributed by atoms with Crippen molar-refractivity contribution < 1.29 is 17.9 Å². The summed E-state index contributed by atoms with van der Waals surface area (Å²) >= 11 is 0. The molecule has 4 N–H and O–H groups in total. The van der Waals surface area contributed by atoms with E-state index in [1.54, 1.807) is 0 Å². The Labute approximate surface area is 79.4 Å². The van der Waals surface area contributed by atoms with Gasteiger partial charge in [-0.2, -0.15) is 13.2 Å². The predicted octanol–water partition coefficient (Wildman–Crippen LogP) is 0.395. The summed E-state index contributed by atoms with van der Waals surface area (Å²) in [6, 6.07) is 0. The normalized spacial score (nSPS) is 14.6. The zero-order valence-electron chi connectivity index (χ0n) is 7.64. The number of aliphatic imine (C=N–C) groups is 1. The lowest BCUT2D eigenvalue weighted by Crippen LogP contribution is -2.25. The molecule has 0 radical (unpaired) electrons. The fourth-order valence-corrected chi connectivity index (χ4v) is 0.540. The Bertz CT molecular complexity index is 235. The van der Waals surface area contributed by atoms with Crippen molar-refractivity contribution in [2.45, 2.75) is 6.18 Å². The first kappa shape index (κ1) is 12.8. The van der Waals surface area contributed by atoms with E-state index < -0.39 is 17.6 Å². The van der Waals surface area contributed by atoms with E-state index in [0.717, 1.165) is 6.21 Å². The molecule has 0 atom stereocenters. The Morgan fingerprint density at radius 2 is 2.00 bits per heavy atom. The Morgan fingerprint density at radius 1 is 1.43 bits per heavy atom. The van der Waals surface area contributed by atoms with Gasteiger partial charge in [-0.3, -0.25) is 4.99 Å². The molecule has 14 heavy (non-hydrogen) atoms. The zero-order valence-corrected chi connectivity index (χ0v) is 7.64. The van der Waals surface area contributed by atoms with Crippen molar-refractivity contribution in [3.8, 4) is 0 Å². The molecule has 7 heteroatoms. The Morgan fingerprint density at radius 3 is 2.43 bits per heavy atom. The lowest BCUT2D eigenvalue weighted by molar-refractivity contribution is -0.0931. The van der Waals surface area contributed by atoms with Gasteiger partial charge in [0.2, 0.25) is 0 Å². The van der Waals surface area contributed by atoms with Crippen LogP contribution in [0.25, 0.3) is 0 Å². The van der Waals surface area contributed by atoms with Gasteiger partial charge >= 0.3 is 6.18 Å². The minimum absolute atomic E-state index is 0.238. The topological polar surface area (TPSA) is 73.6 Å². The summed E-state index contributed by atoms with van der Waals surface area (Å²) in [5.74, 6) is 0. The molecular formula is C7H12F3N3O. The van der Waals surface area contributed by atoms with Crippen LogP contribution in [0.1, 0.15) is 0 Å². The number of allylic oxidation sites excluding steroid dienone is 2. The average molecular weight is 211 g/mol. The fraction of sp³-hybridized carbons (Fsp3) is 0.571. The first-order valence-corrected chi connectivity index (χ1v) is 3.70. The number of alkyl halides is 3. The molecule has 0 saturated heterocycles. The molecule has 4 nitrogen and oxygen atoms in total. The van der Waals surface area contributed by atoms with Crippen LogP contribution in [-0.2, 0) is 4.74 Å². The summed E-state index contributed by atoms with van der Waals surface area (Å²) < 4.78 is 40.4. The number of hydrogen-bond acceptors (Lipinski definition) is 4. The molecule has 0 heterocycles. The van der Waals surface area contributed by atoms with E-state index >= 15 is 0 Å². The maximum atomic E-state index is 11.9. The summed E-state index contributed by atoms with van der Waals surface area (Å²) in [7, 11) is 1.46. The second-order valence-corrected chi connectivity index (χ2v) is 2.39. The van der Waals surface area contributed by atoms with Crippen molar-refractivity contribution in [3.05, 3.63) is 11.4 Å². The van der Waals surface area contributed by atoms with E-state index in [1.807, 2.05) is 0 Å². The lowest BCUT2D eigenvalue weighted by atomic mass is 10.3. The highest BCUT2D eigenvalue weighted by atomic mass is 19.4. The SMILES string of the molecule is COCCN=CC(N)=C(N)C(F)(F)F. The van der Waals surface area contributed by atoms with Gasteiger partial charge in [0, 0.05) is 13.3 Å². The van der Waals surface area contributed by atoms with Crippen LogP contribution < -0.4 is 11.5 Å². The van der Waals surface area contributed by atoms with Crippen molar-refractivity contribution in [3.63, 3.8) is 0 Å². The predicted molar refractivity (Wildman–Crippen MR) is 46.7 cm³/mol. The molecule has 82 valence electrons. The molecular weight excluding hydrogens is 199 g/mol. The zero-order chi connectivity index (χ0) is 11.2. The van der Waals surface area contributed by atoms with E-state index in [9.17, 15) is 13.2 Å². The number of hydrogen-bond donors (Lipinski definition) is 2. The smallest absolute Gasteiger partial charge is 0.396 e. The number of nitrogens with two attached hydrogens (primary N) is 2. The molecule has 0 aliphatic carbocycles. The second-order valence-electron chi connectivity index (χ2n) is 2.39. The van der Waals surface area contributed by atoms with Crippen molar-refractivity contribution >= 4 is 6.21 Å². The first-order chi connectivity index (χ1) is 6.39. The Kier molecular flexibility index (Phi) is 5.00. The van der Waals surface area contributed by atoms with Gasteiger partial charge in [0.15, 0.2) is 0 Å². The van der Waals surface area contributed by atoms with Crippen LogP contribution in [0.3, 0.4) is 0 Å². The van der Waals surface area contributed by atoms with Gasteiger partial charge in [-0.1, -0.05) is 0 Å². The van der Waals surface area contributed by atoms with Gasteiger partial charge in [0.05, 0.1) is 18.8 Å². The summed E-state index contributed by atoms with van der Waals surface area (Å²) in [4.78, 5) is 3.58. The number of rotatable bonds is 4. The van der Waals surface area contributed by atoms with Gasteiger partial charge in [0.25, 0.3) is 0 Å². The van der Waals surface area contributed by atoms with Crippen molar-refractivity contribution in [2.75, 3.05) is 20.3 Å². The van der Waals surface area contributed by atoms with Crippen LogP contribution in [0.15, 0.2) is 16.4 Å². The van der Waals surface area contributed by atoms with Crippen LogP contribution in [-0.4, -0.2) is 32.7 Å². The molecule has 0 fully saturated rings. The summed E-state index contributed by atoms with van der Waals surface area (Å²) in [5.41, 5.74) is 7.82. The van der Waals surface area contributed by atoms with Crippen LogP contribution in [0.4, 0.5) is 13.2 Å². The largest absolute Gasteiger partial charge is 0.432 e. The highest BCUT2D eigenvalue weighted by Crippen LogP contribution is 2.21. The molecule has 0 aromatic carbocycles. The maximum absolute atomic E-state index is 11.9. The van der Waals surface area contributed by atoms with Crippen molar-refractivity contribution in [2.24, 2.45) is 16.5 Å². The van der Waals surface area contributed by atoms with Gasteiger partial charge < -0.3 is 16.2 Å². The van der Waals surface area contributed by atoms with E-state index in [1.165, 1.54) is 7.11 Å². The summed E-state index contributed by atoms with van der Waals surface area (Å²) in [5, 5.41) is 0. The number of halogens is 3. The third-order valence-electron chi connectivity index (χ3n) is 1.27. The average Bonchev–Trinajstić information content (AvgIpc) is 2.09. The van der Waals surface area contributed by atoms with Gasteiger partial charge in [-0.25, -0.2) is 0 Å². The van der Waals surface area contributed by atoms with Crippen LogP contribution in [0, 0.1) is 0 Å². The van der Waals surface area contributed by atoms with Crippen molar-refractivity contribution in [1.82, 2.24) is 0 Å². The number of methoxy groups -OCH3 is 1. The lowest BCUT2D eigenvalue weighted by Gasteiger charge is -2.07. The minimum Gasteiger partial charge on any atom is -0.396 e. The minimum atomic E-state index is -4.61. The third-order valence-corrected chi connectivity index (χ3v) is 1.27. The molecule has 0 spiro atoms. The highest BCUT2D eigenvalue weighted by molar-refractivity contribution is 5.78. The molecule has 0 rings (SSSR count). The standard InChI is InChI=1S/C7H12F3N3O/c1-14-3-2-13-4-5(11)6(12)7(8,9)10/h4H,2-3,11-12H2,1H3. The van der Waals surface area contributed by atoms with E-state index in [0.29, 0.717) is 6.61 Å². The molecule has 0 aromatic heterocycles. The van der Waals surface area contributed by atoms with Crippen LogP contribution >= 0.6 is 0 Å². The molecule has 0 amide bonds. The van der Waals surface area contributed by atoms with E-state index in [2.05, 4.69) is 9.73 Å². The van der Waals surface area contributed by atoms with E-state index in [4.69, 9.17) is 11.5 Å². The second kappa shape index (κ2) is 5.48. The monoisotopic (exact) mass is 211 g/mol. The number of nitrogens with zero attached hydrogens (tertiary/aromatic N) is 1. The number of ether oxygens (including phenoxy) is 1. The Hall–Kier alpha value is -1.24. The molecule has 0 aromatic rings. The van der Waals surface area contributed by atoms with Crippen LogP contribution in [0.2, 0.25) is 0 Å². The fourth-order valence-electron chi connectivity index (χ4n) is 0.540. The quantitative estimate of drug-likeness (QED) is 0.522. The van der Waals surface area contributed by atoms with Crippen LogP contribution in [0.5, 0.6) is 0 Å². The Balaban J connectivity index is 4.30. The van der Waals surface area contributed by atoms with Gasteiger partial charge in [-0.15, -0.1) is 0 Å². The van der Waals surface area contributed by atoms with Crippen molar-refractivity contribution in [1.29, 1.82) is 0 Å². The summed E-state index contributed by atoms with van der Waals surface area (Å²) in [6.07, 6.45) is -3.74. The molecule has 0 unspecified atom stereocenters. The molecule has 0 bridgehead atoms.